The molecule has 0 aromatic carbocycles. The predicted octanol–water partition coefficient (Wildman–Crippen LogP) is 3.15. The molecule has 3 rings (SSSR count). The first-order valence-corrected chi connectivity index (χ1v) is 9.27. The lowest BCUT2D eigenvalue weighted by Crippen LogP contribution is -3.16. The molecule has 1 N–H and O–H groups in total. The molecule has 4 heteroatoms. The van der Waals surface area contributed by atoms with E-state index in [4.69, 9.17) is 0 Å². The number of likely N-dealkylation sites (tertiary alicyclic amines) is 1. The topological polar surface area (TPSA) is 21.5 Å². The minimum Gasteiger partial charge on any atom is -0.325 e. The lowest BCUT2D eigenvalue weighted by atomic mass is 9.95. The van der Waals surface area contributed by atoms with Gasteiger partial charge in [-0.1, -0.05) is 12.1 Å². The zero-order valence-corrected chi connectivity index (χ0v) is 14.5. The van der Waals surface area contributed by atoms with Crippen molar-refractivity contribution in [3.63, 3.8) is 0 Å². The molecule has 0 atom stereocenters. The Morgan fingerprint density at radius 2 is 1.50 bits per heavy atom. The maximum Gasteiger partial charge on any atom is 0.196 e. The molecule has 0 aliphatic carbocycles. The van der Waals surface area contributed by atoms with Gasteiger partial charge < -0.3 is 4.90 Å². The molecule has 114 valence electrons. The van der Waals surface area contributed by atoms with Crippen LogP contribution in [0.25, 0.3) is 12.2 Å². The van der Waals surface area contributed by atoms with E-state index in [9.17, 15) is 4.79 Å². The number of ketones is 1. The average molecular weight is 330 g/mol. The van der Waals surface area contributed by atoms with Crippen molar-refractivity contribution in [2.75, 3.05) is 13.1 Å². The Morgan fingerprint density at radius 3 is 1.86 bits per heavy atom. The number of carbonyl (C=O) groups excluding carboxylic acids is 1. The Balaban J connectivity index is 1.95. The summed E-state index contributed by atoms with van der Waals surface area (Å²) in [6, 6.07) is 8.69. The summed E-state index contributed by atoms with van der Waals surface area (Å²) in [5.41, 5.74) is 1.86. The van der Waals surface area contributed by atoms with E-state index in [0.29, 0.717) is 6.04 Å². The molecule has 0 saturated carbocycles. The van der Waals surface area contributed by atoms with E-state index in [1.165, 1.54) is 4.90 Å². The molecular weight excluding hydrogens is 310 g/mol. The Morgan fingerprint density at radius 1 is 1.00 bits per heavy atom. The highest BCUT2D eigenvalue weighted by molar-refractivity contribution is 7.11. The number of Topliss-reactive ketones (excluding diaryl/α,β-unsaturated/α-hetero) is 1. The molecule has 1 saturated heterocycles. The Hall–Kier alpha value is -1.49. The Bertz CT molecular complexity index is 637. The fourth-order valence-corrected chi connectivity index (χ4v) is 4.01. The van der Waals surface area contributed by atoms with Gasteiger partial charge in [0.1, 0.15) is 13.1 Å². The highest BCUT2D eigenvalue weighted by Gasteiger charge is 2.30. The molecular formula is C18H20NOS2+. The molecule has 0 bridgehead atoms. The SMILES string of the molecule is CC(C)[NH+]1CC(=Cc2cccs2)C(=O)C(=Cc2cccs2)C1. The van der Waals surface area contributed by atoms with Gasteiger partial charge >= 0.3 is 0 Å². The second-order valence-electron chi connectivity index (χ2n) is 5.87. The zero-order chi connectivity index (χ0) is 15.5. The average Bonchev–Trinajstić information content (AvgIpc) is 3.16. The van der Waals surface area contributed by atoms with E-state index in [1.54, 1.807) is 22.7 Å². The minimum atomic E-state index is 0.214. The van der Waals surface area contributed by atoms with Gasteiger partial charge in [-0.3, -0.25) is 4.79 Å². The molecule has 0 radical (unpaired) electrons. The standard InChI is InChI=1S/C18H19NOS2/c1-13(2)19-11-14(9-16-5-3-7-21-16)18(20)15(12-19)10-17-6-4-8-22-17/h3-10,13H,11-12H2,1-2H3/p+1. The van der Waals surface area contributed by atoms with E-state index in [2.05, 4.69) is 48.9 Å². The first-order valence-electron chi connectivity index (χ1n) is 7.51. The number of hydrogen-bond donors (Lipinski definition) is 1. The van der Waals surface area contributed by atoms with Crippen LogP contribution in [0.15, 0.2) is 46.2 Å². The van der Waals surface area contributed by atoms with Gasteiger partial charge in [-0.2, -0.15) is 0 Å². The van der Waals surface area contributed by atoms with Crippen molar-refractivity contribution in [3.8, 4) is 0 Å². The Labute approximate surface area is 139 Å². The van der Waals surface area contributed by atoms with Crippen LogP contribution in [0.4, 0.5) is 0 Å². The molecule has 0 amide bonds. The fraction of sp³-hybridized carbons (Fsp3) is 0.278. The van der Waals surface area contributed by atoms with Crippen LogP contribution in [0, 0.1) is 0 Å². The van der Waals surface area contributed by atoms with Gasteiger partial charge in [0, 0.05) is 9.75 Å². The number of hydrogen-bond acceptors (Lipinski definition) is 3. The van der Waals surface area contributed by atoms with Crippen LogP contribution in [-0.2, 0) is 4.79 Å². The molecule has 1 aliphatic rings. The summed E-state index contributed by atoms with van der Waals surface area (Å²) in [5.74, 6) is 0.214. The van der Waals surface area contributed by atoms with Crippen LogP contribution in [0.5, 0.6) is 0 Å². The predicted molar refractivity (Wildman–Crippen MR) is 95.4 cm³/mol. The van der Waals surface area contributed by atoms with Gasteiger partial charge in [-0.05, 0) is 48.9 Å². The first kappa shape index (κ1) is 15.4. The second-order valence-corrected chi connectivity index (χ2v) is 7.82. The molecule has 22 heavy (non-hydrogen) atoms. The third kappa shape index (κ3) is 3.46. The molecule has 3 heterocycles. The second kappa shape index (κ2) is 6.73. The number of nitrogens with one attached hydrogen (secondary N) is 1. The maximum absolute atomic E-state index is 12.8. The molecule has 0 spiro atoms. The number of thiophene rings is 2. The highest BCUT2D eigenvalue weighted by Crippen LogP contribution is 2.20. The number of piperidine rings is 1. The monoisotopic (exact) mass is 330 g/mol. The quantitative estimate of drug-likeness (QED) is 0.858. The van der Waals surface area contributed by atoms with E-state index in [0.717, 1.165) is 34.0 Å². The zero-order valence-electron chi connectivity index (χ0n) is 12.8. The van der Waals surface area contributed by atoms with Gasteiger partial charge in [0.05, 0.1) is 17.2 Å². The van der Waals surface area contributed by atoms with Gasteiger partial charge in [0.2, 0.25) is 0 Å². The van der Waals surface area contributed by atoms with Crippen molar-refractivity contribution >= 4 is 40.6 Å². The van der Waals surface area contributed by atoms with Gasteiger partial charge in [-0.25, -0.2) is 0 Å². The van der Waals surface area contributed by atoms with Crippen molar-refractivity contribution in [3.05, 3.63) is 55.9 Å². The van der Waals surface area contributed by atoms with E-state index in [1.807, 2.05) is 12.1 Å². The van der Waals surface area contributed by atoms with Crippen LogP contribution >= 0.6 is 22.7 Å². The van der Waals surface area contributed by atoms with Crippen molar-refractivity contribution in [1.29, 1.82) is 0 Å². The normalized spacial score (nSPS) is 22.9. The smallest absolute Gasteiger partial charge is 0.196 e. The van der Waals surface area contributed by atoms with Crippen LogP contribution in [0.1, 0.15) is 23.6 Å². The van der Waals surface area contributed by atoms with Crippen LogP contribution in [0.3, 0.4) is 0 Å². The summed E-state index contributed by atoms with van der Waals surface area (Å²) in [6.45, 7) is 6.07. The van der Waals surface area contributed by atoms with Crippen molar-refractivity contribution < 1.29 is 9.69 Å². The van der Waals surface area contributed by atoms with E-state index in [-0.39, 0.29) is 5.78 Å². The molecule has 0 unspecified atom stereocenters. The first-order chi connectivity index (χ1) is 10.6. The summed E-state index contributed by atoms with van der Waals surface area (Å²) in [7, 11) is 0. The minimum absolute atomic E-state index is 0.214. The number of carbonyl (C=O) groups is 1. The molecule has 2 nitrogen and oxygen atoms in total. The number of rotatable bonds is 3. The summed E-state index contributed by atoms with van der Waals surface area (Å²) in [5, 5.41) is 4.10. The largest absolute Gasteiger partial charge is 0.325 e. The number of quaternary nitrogens is 1. The van der Waals surface area contributed by atoms with Crippen molar-refractivity contribution in [1.82, 2.24) is 0 Å². The summed E-state index contributed by atoms with van der Waals surface area (Å²) in [6.07, 6.45) is 4.13. The highest BCUT2D eigenvalue weighted by atomic mass is 32.1. The maximum atomic E-state index is 12.8. The summed E-state index contributed by atoms with van der Waals surface area (Å²) < 4.78 is 0. The Kier molecular flexibility index (Phi) is 4.71. The van der Waals surface area contributed by atoms with E-state index < -0.39 is 0 Å². The van der Waals surface area contributed by atoms with Gasteiger partial charge in [0.15, 0.2) is 5.78 Å². The van der Waals surface area contributed by atoms with Gasteiger partial charge in [-0.15, -0.1) is 22.7 Å². The lowest BCUT2D eigenvalue weighted by Gasteiger charge is -2.29. The molecule has 2 aromatic rings. The van der Waals surface area contributed by atoms with E-state index >= 15 is 0 Å². The van der Waals surface area contributed by atoms with Crippen molar-refractivity contribution in [2.45, 2.75) is 19.9 Å². The third-order valence-electron chi connectivity index (χ3n) is 3.95. The third-order valence-corrected chi connectivity index (χ3v) is 5.59. The summed E-state index contributed by atoms with van der Waals surface area (Å²) in [4.78, 5) is 16.6. The fourth-order valence-electron chi connectivity index (χ4n) is 2.65. The van der Waals surface area contributed by atoms with Crippen LogP contribution < -0.4 is 4.90 Å². The van der Waals surface area contributed by atoms with Crippen LogP contribution in [0.2, 0.25) is 0 Å². The molecule has 1 aliphatic heterocycles. The van der Waals surface area contributed by atoms with Crippen LogP contribution in [-0.4, -0.2) is 24.9 Å². The van der Waals surface area contributed by atoms with Crippen molar-refractivity contribution in [2.24, 2.45) is 0 Å². The molecule has 2 aromatic heterocycles. The van der Waals surface area contributed by atoms with Gasteiger partial charge in [0.25, 0.3) is 0 Å². The lowest BCUT2D eigenvalue weighted by molar-refractivity contribution is -0.912. The summed E-state index contributed by atoms with van der Waals surface area (Å²) >= 11 is 3.36. The molecule has 1 fully saturated rings.